The zero-order valence-electron chi connectivity index (χ0n) is 31.2. The van der Waals surface area contributed by atoms with E-state index in [1.54, 1.807) is 23.1 Å². The number of fused-ring (bicyclic) bond motifs is 3. The molecule has 1 unspecified atom stereocenters. The van der Waals surface area contributed by atoms with Gasteiger partial charge in [-0.3, -0.25) is 43.3 Å². The lowest BCUT2D eigenvalue weighted by molar-refractivity contribution is -0.153. The molecule has 3 aliphatic carbocycles. The second-order valence-electron chi connectivity index (χ2n) is 15.1. The Hall–Kier alpha value is -6.52. The first-order valence-corrected chi connectivity index (χ1v) is 18.6. The SMILES string of the molecule is C=C1c2cccc(OC)c2C(=O)c2c(O)c3c(c(O)c21)CC(C(=O)NC1CC2(C1)CN(C(=O)CNC(=O)CNC(=O)CNC(=O)CCN1C(=O)C=CC1=O)C2)CC3. The van der Waals surface area contributed by atoms with Crippen molar-refractivity contribution in [3.05, 3.63) is 70.3 Å². The lowest BCUT2D eigenvalue weighted by atomic mass is 9.60. The van der Waals surface area contributed by atoms with Crippen LogP contribution in [-0.2, 0) is 46.4 Å². The Morgan fingerprint density at radius 3 is 2.16 bits per heavy atom. The zero-order valence-corrected chi connectivity index (χ0v) is 31.2. The number of hydrogen-bond donors (Lipinski definition) is 6. The molecule has 57 heavy (non-hydrogen) atoms. The molecule has 7 rings (SSSR count). The summed E-state index contributed by atoms with van der Waals surface area (Å²) in [6.07, 6.45) is 4.26. The van der Waals surface area contributed by atoms with Gasteiger partial charge in [-0.2, -0.15) is 0 Å². The number of amides is 7. The maximum Gasteiger partial charge on any atom is 0.253 e. The smallest absolute Gasteiger partial charge is 0.253 e. The number of imide groups is 1. The van der Waals surface area contributed by atoms with Gasteiger partial charge in [0.05, 0.1) is 37.9 Å². The Labute approximate surface area is 326 Å². The van der Waals surface area contributed by atoms with E-state index in [0.717, 1.165) is 17.1 Å². The molecule has 6 N–H and O–H groups in total. The number of ketones is 1. The summed E-state index contributed by atoms with van der Waals surface area (Å²) >= 11 is 0. The van der Waals surface area contributed by atoms with Crippen molar-refractivity contribution in [2.24, 2.45) is 11.3 Å². The molecule has 2 fully saturated rings. The highest BCUT2D eigenvalue weighted by Gasteiger charge is 2.54. The molecule has 1 saturated heterocycles. The van der Waals surface area contributed by atoms with E-state index in [4.69, 9.17) is 4.74 Å². The van der Waals surface area contributed by atoms with E-state index in [1.165, 1.54) is 7.11 Å². The molecule has 2 heterocycles. The summed E-state index contributed by atoms with van der Waals surface area (Å²) in [6, 6.07) is 4.99. The number of hydrogen-bond acceptors (Lipinski definition) is 11. The molecular weight excluding hydrogens is 740 g/mol. The van der Waals surface area contributed by atoms with E-state index in [2.05, 4.69) is 27.8 Å². The lowest BCUT2D eigenvalue weighted by Gasteiger charge is -2.59. The minimum Gasteiger partial charge on any atom is -0.507 e. The number of phenols is 2. The maximum atomic E-state index is 13.6. The van der Waals surface area contributed by atoms with Crippen LogP contribution >= 0.6 is 0 Å². The number of likely N-dealkylation sites (tertiary alicyclic amines) is 1. The van der Waals surface area contributed by atoms with Crippen molar-refractivity contribution in [1.82, 2.24) is 31.1 Å². The fraction of sp³-hybridized carbons (Fsp3) is 0.400. The van der Waals surface area contributed by atoms with E-state index in [-0.39, 0.29) is 77.4 Å². The average molecular weight is 783 g/mol. The largest absolute Gasteiger partial charge is 0.507 e. The molecule has 7 amide bonds. The predicted molar refractivity (Wildman–Crippen MR) is 200 cm³/mol. The first kappa shape index (κ1) is 38.7. The van der Waals surface area contributed by atoms with Crippen molar-refractivity contribution >= 4 is 52.7 Å². The molecule has 0 radical (unpaired) electrons. The number of carbonyl (C=O) groups is 8. The van der Waals surface area contributed by atoms with E-state index >= 15 is 0 Å². The van der Waals surface area contributed by atoms with Crippen LogP contribution in [0.1, 0.15) is 63.9 Å². The standard InChI is InChI=1S/C40H42N6O11/c1-20-23-4-3-5-26(57-2)34(23)38(55)35-33(20)37(54)25-12-21(6-7-24(25)36(35)53)39(56)44-22-13-40(14-22)18-45(19-40)32(52)17-43-29(49)16-42-28(48)15-41-27(47)10-11-46-30(50)8-9-31(46)51/h3-5,8-9,21-22,53-54H,1,6-7,10-19H2,2H3,(H,41,47)(H,42,48)(H,43,49)(H,44,56). The first-order chi connectivity index (χ1) is 27.2. The molecule has 1 atom stereocenters. The van der Waals surface area contributed by atoms with Gasteiger partial charge in [0.1, 0.15) is 17.2 Å². The number of carbonyl (C=O) groups excluding carboxylic acids is 8. The topological polar surface area (TPSA) is 241 Å². The van der Waals surface area contributed by atoms with Gasteiger partial charge in [0.25, 0.3) is 11.8 Å². The van der Waals surface area contributed by atoms with Gasteiger partial charge in [-0.25, -0.2) is 0 Å². The van der Waals surface area contributed by atoms with Crippen molar-refractivity contribution in [2.45, 2.75) is 44.6 Å². The highest BCUT2D eigenvalue weighted by Crippen LogP contribution is 2.51. The number of phenolic OH excluding ortho intramolecular Hbond substituents is 2. The third-order valence-electron chi connectivity index (χ3n) is 11.5. The molecule has 0 aromatic heterocycles. The quantitative estimate of drug-likeness (QED) is 0.102. The number of nitrogens with zero attached hydrogens (tertiary/aromatic N) is 2. The summed E-state index contributed by atoms with van der Waals surface area (Å²) in [5.41, 5.74) is 2.05. The Balaban J connectivity index is 0.814. The normalized spacial score (nSPS) is 18.9. The van der Waals surface area contributed by atoms with Gasteiger partial charge in [-0.05, 0) is 49.3 Å². The minimum atomic E-state index is -0.641. The van der Waals surface area contributed by atoms with Gasteiger partial charge in [-0.1, -0.05) is 18.7 Å². The van der Waals surface area contributed by atoms with Crippen LogP contribution in [0.4, 0.5) is 0 Å². The van der Waals surface area contributed by atoms with Crippen LogP contribution in [0.15, 0.2) is 36.9 Å². The van der Waals surface area contributed by atoms with Crippen LogP contribution in [0.5, 0.6) is 17.2 Å². The van der Waals surface area contributed by atoms with Crippen molar-refractivity contribution in [2.75, 3.05) is 46.4 Å². The van der Waals surface area contributed by atoms with Crippen LogP contribution in [0.2, 0.25) is 0 Å². The van der Waals surface area contributed by atoms with E-state index in [0.29, 0.717) is 66.8 Å². The number of nitrogens with one attached hydrogen (secondary N) is 4. The molecule has 2 aliphatic heterocycles. The van der Waals surface area contributed by atoms with Crippen LogP contribution in [-0.4, -0.2) is 120 Å². The van der Waals surface area contributed by atoms with Crippen LogP contribution < -0.4 is 26.0 Å². The lowest BCUT2D eigenvalue weighted by Crippen LogP contribution is -2.68. The van der Waals surface area contributed by atoms with Crippen LogP contribution in [0.3, 0.4) is 0 Å². The van der Waals surface area contributed by atoms with Gasteiger partial charge < -0.3 is 41.1 Å². The predicted octanol–water partition coefficient (Wildman–Crippen LogP) is -0.412. The molecule has 2 aromatic carbocycles. The Morgan fingerprint density at radius 1 is 0.860 bits per heavy atom. The average Bonchev–Trinajstić information content (AvgIpc) is 3.49. The molecule has 0 bridgehead atoms. The zero-order chi connectivity index (χ0) is 40.8. The molecule has 17 heteroatoms. The summed E-state index contributed by atoms with van der Waals surface area (Å²) in [5.74, 6) is -4.24. The van der Waals surface area contributed by atoms with Crippen molar-refractivity contribution in [1.29, 1.82) is 0 Å². The van der Waals surface area contributed by atoms with Crippen molar-refractivity contribution in [3.63, 3.8) is 0 Å². The second-order valence-corrected chi connectivity index (χ2v) is 15.1. The van der Waals surface area contributed by atoms with Gasteiger partial charge in [0.2, 0.25) is 35.3 Å². The molecule has 298 valence electrons. The highest BCUT2D eigenvalue weighted by molar-refractivity contribution is 6.22. The van der Waals surface area contributed by atoms with Gasteiger partial charge >= 0.3 is 0 Å². The number of aromatic hydroxyl groups is 2. The Bertz CT molecular complexity index is 2160. The second kappa shape index (κ2) is 15.2. The molecule has 17 nitrogen and oxygen atoms in total. The molecular formula is C40H42N6O11. The van der Waals surface area contributed by atoms with Gasteiger partial charge in [0, 0.05) is 72.3 Å². The number of ether oxygens (including phenoxy) is 1. The summed E-state index contributed by atoms with van der Waals surface area (Å²) in [7, 11) is 1.45. The summed E-state index contributed by atoms with van der Waals surface area (Å²) in [6.45, 7) is 3.87. The third kappa shape index (κ3) is 7.32. The van der Waals surface area contributed by atoms with E-state index in [1.807, 2.05) is 0 Å². The van der Waals surface area contributed by atoms with Crippen molar-refractivity contribution < 1.29 is 53.3 Å². The fourth-order valence-electron chi connectivity index (χ4n) is 8.49. The summed E-state index contributed by atoms with van der Waals surface area (Å²) < 4.78 is 5.40. The maximum absolute atomic E-state index is 13.6. The number of methoxy groups -OCH3 is 1. The first-order valence-electron chi connectivity index (χ1n) is 18.6. The third-order valence-corrected chi connectivity index (χ3v) is 11.5. The number of rotatable bonds is 12. The van der Waals surface area contributed by atoms with Crippen LogP contribution in [0.25, 0.3) is 5.57 Å². The Kier molecular flexibility index (Phi) is 10.3. The molecule has 2 aromatic rings. The summed E-state index contributed by atoms with van der Waals surface area (Å²) in [5, 5.41) is 33.1. The Morgan fingerprint density at radius 2 is 1.49 bits per heavy atom. The van der Waals surface area contributed by atoms with E-state index in [9.17, 15) is 48.6 Å². The molecule has 1 saturated carbocycles. The highest BCUT2D eigenvalue weighted by atomic mass is 16.5. The molecule has 5 aliphatic rings. The van der Waals surface area contributed by atoms with Crippen LogP contribution in [0, 0.1) is 11.3 Å². The van der Waals surface area contributed by atoms with Gasteiger partial charge in [0.15, 0.2) is 0 Å². The number of benzene rings is 2. The summed E-state index contributed by atoms with van der Waals surface area (Å²) in [4.78, 5) is 102. The van der Waals surface area contributed by atoms with Gasteiger partial charge in [-0.15, -0.1) is 0 Å². The molecule has 1 spiro atoms. The minimum absolute atomic E-state index is 0.0138. The fourth-order valence-corrected chi connectivity index (χ4v) is 8.49. The van der Waals surface area contributed by atoms with Crippen molar-refractivity contribution in [3.8, 4) is 17.2 Å². The van der Waals surface area contributed by atoms with E-state index < -0.39 is 54.3 Å². The monoisotopic (exact) mass is 782 g/mol.